The predicted octanol–water partition coefficient (Wildman–Crippen LogP) is 3.91. The van der Waals surface area contributed by atoms with E-state index in [4.69, 9.17) is 16.3 Å². The number of benzene rings is 1. The molecule has 1 heterocycles. The van der Waals surface area contributed by atoms with Gasteiger partial charge < -0.3 is 10.1 Å². The van der Waals surface area contributed by atoms with E-state index in [9.17, 15) is 0 Å². The molecule has 106 valence electrons. The summed E-state index contributed by atoms with van der Waals surface area (Å²) in [5.74, 6) is 0.801. The van der Waals surface area contributed by atoms with Gasteiger partial charge in [-0.05, 0) is 42.8 Å². The summed E-state index contributed by atoms with van der Waals surface area (Å²) in [6.45, 7) is 3.97. The zero-order valence-corrected chi connectivity index (χ0v) is 12.6. The highest BCUT2D eigenvalue weighted by Gasteiger charge is 2.08. The molecule has 20 heavy (non-hydrogen) atoms. The highest BCUT2D eigenvalue weighted by Crippen LogP contribution is 2.32. The van der Waals surface area contributed by atoms with Crippen LogP contribution in [0, 0.1) is 0 Å². The largest absolute Gasteiger partial charge is 0.496 e. The number of ether oxygens (including phenoxy) is 1. The molecule has 0 saturated heterocycles. The third-order valence-electron chi connectivity index (χ3n) is 3.02. The van der Waals surface area contributed by atoms with Gasteiger partial charge in [-0.1, -0.05) is 18.5 Å². The van der Waals surface area contributed by atoms with Gasteiger partial charge in [0.2, 0.25) is 0 Å². The van der Waals surface area contributed by atoms with Gasteiger partial charge in [-0.25, -0.2) is 0 Å². The lowest BCUT2D eigenvalue weighted by Crippen LogP contribution is -2.13. The lowest BCUT2D eigenvalue weighted by Gasteiger charge is -2.10. The number of aromatic nitrogens is 1. The highest BCUT2D eigenvalue weighted by atomic mass is 35.5. The fraction of sp³-hybridized carbons (Fsp3) is 0.312. The molecule has 3 nitrogen and oxygen atoms in total. The van der Waals surface area contributed by atoms with E-state index in [2.05, 4.69) is 23.3 Å². The molecule has 0 bridgehead atoms. The van der Waals surface area contributed by atoms with Gasteiger partial charge >= 0.3 is 0 Å². The fourth-order valence-corrected chi connectivity index (χ4v) is 2.22. The molecule has 0 spiro atoms. The predicted molar refractivity (Wildman–Crippen MR) is 83.2 cm³/mol. The SMILES string of the molecule is CCCNCc1cncc(-c2cc(Cl)ccc2OC)c1. The number of rotatable bonds is 6. The zero-order valence-electron chi connectivity index (χ0n) is 11.8. The molecule has 1 aromatic heterocycles. The van der Waals surface area contributed by atoms with Crippen molar-refractivity contribution in [2.75, 3.05) is 13.7 Å². The summed E-state index contributed by atoms with van der Waals surface area (Å²) in [5.41, 5.74) is 3.13. The molecule has 2 aromatic rings. The summed E-state index contributed by atoms with van der Waals surface area (Å²) in [6.07, 6.45) is 4.83. The van der Waals surface area contributed by atoms with Crippen LogP contribution >= 0.6 is 11.6 Å². The first-order valence-corrected chi connectivity index (χ1v) is 7.11. The summed E-state index contributed by atoms with van der Waals surface area (Å²) in [4.78, 5) is 4.31. The lowest BCUT2D eigenvalue weighted by atomic mass is 10.0. The van der Waals surface area contributed by atoms with E-state index in [0.717, 1.165) is 42.0 Å². The minimum absolute atomic E-state index is 0.690. The van der Waals surface area contributed by atoms with Crippen LogP contribution in [0.1, 0.15) is 18.9 Å². The van der Waals surface area contributed by atoms with Crippen molar-refractivity contribution in [3.05, 3.63) is 47.2 Å². The fourth-order valence-electron chi connectivity index (χ4n) is 2.05. The lowest BCUT2D eigenvalue weighted by molar-refractivity contribution is 0.416. The van der Waals surface area contributed by atoms with Crippen molar-refractivity contribution < 1.29 is 4.74 Å². The zero-order chi connectivity index (χ0) is 14.4. The van der Waals surface area contributed by atoms with Gasteiger partial charge in [0.15, 0.2) is 0 Å². The third kappa shape index (κ3) is 3.71. The van der Waals surface area contributed by atoms with E-state index in [1.54, 1.807) is 7.11 Å². The first-order chi connectivity index (χ1) is 9.74. The minimum atomic E-state index is 0.690. The Balaban J connectivity index is 2.28. The van der Waals surface area contributed by atoms with E-state index in [1.165, 1.54) is 0 Å². The first-order valence-electron chi connectivity index (χ1n) is 6.73. The molecule has 0 unspecified atom stereocenters. The van der Waals surface area contributed by atoms with E-state index >= 15 is 0 Å². The van der Waals surface area contributed by atoms with Gasteiger partial charge in [0, 0.05) is 35.1 Å². The molecule has 0 fully saturated rings. The molecular formula is C16H19ClN2O. The Kier molecular flexibility index (Phi) is 5.39. The van der Waals surface area contributed by atoms with Gasteiger partial charge in [-0.3, -0.25) is 4.98 Å². The quantitative estimate of drug-likeness (QED) is 0.819. The van der Waals surface area contributed by atoms with Gasteiger partial charge in [0.25, 0.3) is 0 Å². The second-order valence-electron chi connectivity index (χ2n) is 4.60. The summed E-state index contributed by atoms with van der Waals surface area (Å²) in [5, 5.41) is 4.06. The highest BCUT2D eigenvalue weighted by molar-refractivity contribution is 6.31. The molecule has 1 N–H and O–H groups in total. The summed E-state index contributed by atoms with van der Waals surface area (Å²) >= 11 is 6.08. The van der Waals surface area contributed by atoms with Crippen molar-refractivity contribution >= 4 is 11.6 Å². The molecule has 0 amide bonds. The molecule has 0 radical (unpaired) electrons. The van der Waals surface area contributed by atoms with Crippen molar-refractivity contribution in [1.29, 1.82) is 0 Å². The van der Waals surface area contributed by atoms with Gasteiger partial charge in [0.1, 0.15) is 5.75 Å². The minimum Gasteiger partial charge on any atom is -0.496 e. The summed E-state index contributed by atoms with van der Waals surface area (Å²) < 4.78 is 5.39. The van der Waals surface area contributed by atoms with E-state index in [0.29, 0.717) is 5.02 Å². The Morgan fingerprint density at radius 3 is 2.85 bits per heavy atom. The molecule has 2 rings (SSSR count). The van der Waals surface area contributed by atoms with Crippen LogP contribution in [0.15, 0.2) is 36.7 Å². The second-order valence-corrected chi connectivity index (χ2v) is 5.04. The molecule has 0 saturated carbocycles. The topological polar surface area (TPSA) is 34.2 Å². The second kappa shape index (κ2) is 7.27. The van der Waals surface area contributed by atoms with Crippen LogP contribution in [0.2, 0.25) is 5.02 Å². The van der Waals surface area contributed by atoms with Crippen molar-refractivity contribution in [2.24, 2.45) is 0 Å². The normalized spacial score (nSPS) is 10.6. The van der Waals surface area contributed by atoms with Crippen molar-refractivity contribution in [3.63, 3.8) is 0 Å². The maximum Gasteiger partial charge on any atom is 0.126 e. The molecule has 0 aliphatic rings. The number of nitrogens with one attached hydrogen (secondary N) is 1. The van der Waals surface area contributed by atoms with Crippen LogP contribution in [0.25, 0.3) is 11.1 Å². The summed E-state index contributed by atoms with van der Waals surface area (Å²) in [7, 11) is 1.66. The van der Waals surface area contributed by atoms with Crippen molar-refractivity contribution in [3.8, 4) is 16.9 Å². The Labute approximate surface area is 124 Å². The van der Waals surface area contributed by atoms with E-state index in [-0.39, 0.29) is 0 Å². The molecular weight excluding hydrogens is 272 g/mol. The van der Waals surface area contributed by atoms with Crippen LogP contribution in [0.5, 0.6) is 5.75 Å². The van der Waals surface area contributed by atoms with Crippen LogP contribution in [0.4, 0.5) is 0 Å². The number of hydrogen-bond donors (Lipinski definition) is 1. The Bertz CT molecular complexity index is 572. The van der Waals surface area contributed by atoms with Gasteiger partial charge in [0.05, 0.1) is 7.11 Å². The first kappa shape index (κ1) is 14.8. The standard InChI is InChI=1S/C16H19ClN2O/c1-3-6-18-9-12-7-13(11-19-10-12)15-8-14(17)4-5-16(15)20-2/h4-5,7-8,10-11,18H,3,6,9H2,1-2H3. The Hall–Kier alpha value is -1.58. The molecule has 4 heteroatoms. The molecule has 1 aromatic carbocycles. The number of methoxy groups -OCH3 is 1. The average Bonchev–Trinajstić information content (AvgIpc) is 2.48. The van der Waals surface area contributed by atoms with Crippen LogP contribution in [-0.4, -0.2) is 18.6 Å². The van der Waals surface area contributed by atoms with E-state index < -0.39 is 0 Å². The average molecular weight is 291 g/mol. The van der Waals surface area contributed by atoms with Crippen molar-refractivity contribution in [1.82, 2.24) is 10.3 Å². The van der Waals surface area contributed by atoms with E-state index in [1.807, 2.05) is 30.6 Å². The maximum absolute atomic E-state index is 6.08. The van der Waals surface area contributed by atoms with Crippen LogP contribution in [0.3, 0.4) is 0 Å². The third-order valence-corrected chi connectivity index (χ3v) is 3.26. The molecule has 0 aliphatic carbocycles. The van der Waals surface area contributed by atoms with Crippen LogP contribution in [-0.2, 0) is 6.54 Å². The number of halogens is 1. The Morgan fingerprint density at radius 1 is 1.25 bits per heavy atom. The number of nitrogens with zero attached hydrogens (tertiary/aromatic N) is 1. The summed E-state index contributed by atoms with van der Waals surface area (Å²) in [6, 6.07) is 7.72. The Morgan fingerprint density at radius 2 is 2.10 bits per heavy atom. The van der Waals surface area contributed by atoms with Crippen LogP contribution < -0.4 is 10.1 Å². The smallest absolute Gasteiger partial charge is 0.126 e. The number of pyridine rings is 1. The monoisotopic (exact) mass is 290 g/mol. The van der Waals surface area contributed by atoms with Gasteiger partial charge in [-0.15, -0.1) is 0 Å². The van der Waals surface area contributed by atoms with Gasteiger partial charge in [-0.2, -0.15) is 0 Å². The number of hydrogen-bond acceptors (Lipinski definition) is 3. The molecule has 0 aliphatic heterocycles. The van der Waals surface area contributed by atoms with Crippen molar-refractivity contribution in [2.45, 2.75) is 19.9 Å². The maximum atomic E-state index is 6.08. The molecule has 0 atom stereocenters.